The Morgan fingerprint density at radius 2 is 1.52 bits per heavy atom. The van der Waals surface area contributed by atoms with E-state index in [2.05, 4.69) is 80.6 Å². The number of fused-ring (bicyclic) bond motifs is 1. The van der Waals surface area contributed by atoms with Crippen LogP contribution in [0.2, 0.25) is 0 Å². The predicted molar refractivity (Wildman–Crippen MR) is 128 cm³/mol. The number of hydrogen-bond donors (Lipinski definition) is 1. The first kappa shape index (κ1) is 21.2. The predicted octanol–water partition coefficient (Wildman–Crippen LogP) is 6.11. The molecule has 0 aliphatic heterocycles. The van der Waals surface area contributed by atoms with E-state index in [0.29, 0.717) is 6.54 Å². The quantitative estimate of drug-likeness (QED) is 0.485. The van der Waals surface area contributed by atoms with Crippen molar-refractivity contribution in [2.24, 2.45) is 5.73 Å². The highest BCUT2D eigenvalue weighted by molar-refractivity contribution is 6.03. The van der Waals surface area contributed by atoms with Gasteiger partial charge in [0.05, 0.1) is 7.11 Å². The maximum Gasteiger partial charge on any atom is 0.121 e. The van der Waals surface area contributed by atoms with E-state index < -0.39 is 0 Å². The number of nitrogens with two attached hydrogens (primary N) is 1. The number of allylic oxidation sites excluding steroid dienone is 1. The molecule has 3 aromatic rings. The van der Waals surface area contributed by atoms with Crippen molar-refractivity contribution in [2.75, 3.05) is 13.7 Å². The normalized spacial score (nSPS) is 13.3. The number of benzene rings is 3. The van der Waals surface area contributed by atoms with Crippen molar-refractivity contribution in [3.63, 3.8) is 0 Å². The SMILES string of the molecule is CCC(CC)(CN)Oc1ccc(C2=C(c3ccccc3)Cc3cc(OC)ccc32)cc1. The lowest BCUT2D eigenvalue weighted by Crippen LogP contribution is -2.42. The van der Waals surface area contributed by atoms with E-state index in [-0.39, 0.29) is 5.60 Å². The summed E-state index contributed by atoms with van der Waals surface area (Å²) in [7, 11) is 1.72. The maximum atomic E-state index is 6.32. The van der Waals surface area contributed by atoms with Gasteiger partial charge in [0.25, 0.3) is 0 Å². The lowest BCUT2D eigenvalue weighted by Gasteiger charge is -2.31. The molecule has 0 fully saturated rings. The highest BCUT2D eigenvalue weighted by Gasteiger charge is 2.27. The molecular weight excluding hydrogens is 382 g/mol. The fourth-order valence-corrected chi connectivity index (χ4v) is 4.41. The molecule has 2 N–H and O–H groups in total. The summed E-state index contributed by atoms with van der Waals surface area (Å²) in [5.41, 5.74) is 13.4. The molecule has 3 heteroatoms. The van der Waals surface area contributed by atoms with Crippen LogP contribution in [0.1, 0.15) is 48.9 Å². The van der Waals surface area contributed by atoms with E-state index in [9.17, 15) is 0 Å². The van der Waals surface area contributed by atoms with Crippen molar-refractivity contribution in [2.45, 2.75) is 38.7 Å². The smallest absolute Gasteiger partial charge is 0.121 e. The molecule has 0 unspecified atom stereocenters. The van der Waals surface area contributed by atoms with Gasteiger partial charge in [-0.15, -0.1) is 0 Å². The average molecular weight is 414 g/mol. The van der Waals surface area contributed by atoms with Gasteiger partial charge in [0, 0.05) is 6.54 Å². The third-order valence-electron chi connectivity index (χ3n) is 6.51. The molecule has 1 aliphatic carbocycles. The van der Waals surface area contributed by atoms with Crippen molar-refractivity contribution in [1.82, 2.24) is 0 Å². The van der Waals surface area contributed by atoms with Crippen LogP contribution in [0.5, 0.6) is 11.5 Å². The number of methoxy groups -OCH3 is 1. The van der Waals surface area contributed by atoms with Crippen molar-refractivity contribution < 1.29 is 9.47 Å². The van der Waals surface area contributed by atoms with Crippen LogP contribution in [0.25, 0.3) is 11.1 Å². The second-order valence-electron chi connectivity index (χ2n) is 8.14. The molecule has 4 rings (SSSR count). The van der Waals surface area contributed by atoms with Crippen LogP contribution < -0.4 is 15.2 Å². The third kappa shape index (κ3) is 4.11. The first-order chi connectivity index (χ1) is 15.1. The molecular formula is C28H31NO2. The van der Waals surface area contributed by atoms with Crippen LogP contribution >= 0.6 is 0 Å². The summed E-state index contributed by atoms with van der Waals surface area (Å²) < 4.78 is 11.8. The van der Waals surface area contributed by atoms with Gasteiger partial charge in [-0.25, -0.2) is 0 Å². The Balaban J connectivity index is 1.75. The molecule has 3 nitrogen and oxygen atoms in total. The van der Waals surface area contributed by atoms with Crippen LogP contribution in [0.4, 0.5) is 0 Å². The molecule has 0 bridgehead atoms. The minimum absolute atomic E-state index is 0.299. The van der Waals surface area contributed by atoms with E-state index in [1.54, 1.807) is 7.11 Å². The van der Waals surface area contributed by atoms with Gasteiger partial charge in [-0.2, -0.15) is 0 Å². The lowest BCUT2D eigenvalue weighted by atomic mass is 9.94. The van der Waals surface area contributed by atoms with E-state index >= 15 is 0 Å². The molecule has 3 aromatic carbocycles. The summed E-state index contributed by atoms with van der Waals surface area (Å²) in [5, 5.41) is 0. The van der Waals surface area contributed by atoms with Crippen molar-refractivity contribution in [3.8, 4) is 11.5 Å². The summed E-state index contributed by atoms with van der Waals surface area (Å²) in [6.45, 7) is 4.77. The molecule has 0 saturated heterocycles. The molecule has 1 aliphatic rings. The molecule has 0 aromatic heterocycles. The molecule has 0 atom stereocenters. The fraction of sp³-hybridized carbons (Fsp3) is 0.286. The molecule has 0 spiro atoms. The fourth-order valence-electron chi connectivity index (χ4n) is 4.41. The Kier molecular flexibility index (Phi) is 6.15. The Hall–Kier alpha value is -3.04. The summed E-state index contributed by atoms with van der Waals surface area (Å²) in [6, 6.07) is 25.5. The molecule has 0 radical (unpaired) electrons. The second kappa shape index (κ2) is 8.99. The van der Waals surface area contributed by atoms with Gasteiger partial charge in [0.2, 0.25) is 0 Å². The van der Waals surface area contributed by atoms with Gasteiger partial charge in [-0.3, -0.25) is 0 Å². The summed E-state index contributed by atoms with van der Waals surface area (Å²) in [6.07, 6.45) is 2.67. The molecule has 0 saturated carbocycles. The largest absolute Gasteiger partial charge is 0.497 e. The van der Waals surface area contributed by atoms with Crippen LogP contribution in [-0.2, 0) is 6.42 Å². The third-order valence-corrected chi connectivity index (χ3v) is 6.51. The first-order valence-corrected chi connectivity index (χ1v) is 11.1. The number of rotatable bonds is 8. The van der Waals surface area contributed by atoms with Gasteiger partial charge in [0.15, 0.2) is 0 Å². The van der Waals surface area contributed by atoms with E-state index in [0.717, 1.165) is 30.8 Å². The highest BCUT2D eigenvalue weighted by atomic mass is 16.5. The Morgan fingerprint density at radius 3 is 2.13 bits per heavy atom. The topological polar surface area (TPSA) is 44.5 Å². The maximum absolute atomic E-state index is 6.32. The van der Waals surface area contributed by atoms with Crippen LogP contribution in [0.3, 0.4) is 0 Å². The first-order valence-electron chi connectivity index (χ1n) is 11.1. The molecule has 31 heavy (non-hydrogen) atoms. The van der Waals surface area contributed by atoms with Gasteiger partial charge in [-0.1, -0.05) is 62.4 Å². The second-order valence-corrected chi connectivity index (χ2v) is 8.14. The van der Waals surface area contributed by atoms with E-state index in [1.807, 2.05) is 6.07 Å². The van der Waals surface area contributed by atoms with Crippen LogP contribution in [0, 0.1) is 0 Å². The Labute approximate surface area is 185 Å². The minimum Gasteiger partial charge on any atom is -0.497 e. The van der Waals surface area contributed by atoms with Crippen molar-refractivity contribution in [3.05, 3.63) is 95.1 Å². The molecule has 0 heterocycles. The molecule has 0 amide bonds. The van der Waals surface area contributed by atoms with Gasteiger partial charge in [-0.05, 0) is 76.9 Å². The monoisotopic (exact) mass is 413 g/mol. The van der Waals surface area contributed by atoms with Crippen LogP contribution in [-0.4, -0.2) is 19.3 Å². The summed E-state index contributed by atoms with van der Waals surface area (Å²) in [4.78, 5) is 0. The van der Waals surface area contributed by atoms with Crippen molar-refractivity contribution >= 4 is 11.1 Å². The summed E-state index contributed by atoms with van der Waals surface area (Å²) >= 11 is 0. The zero-order valence-corrected chi connectivity index (χ0v) is 18.7. The zero-order valence-electron chi connectivity index (χ0n) is 18.7. The van der Waals surface area contributed by atoms with Gasteiger partial charge < -0.3 is 15.2 Å². The average Bonchev–Trinajstić information content (AvgIpc) is 3.22. The van der Waals surface area contributed by atoms with E-state index in [4.69, 9.17) is 15.2 Å². The molecule has 160 valence electrons. The van der Waals surface area contributed by atoms with Gasteiger partial charge >= 0.3 is 0 Å². The number of ether oxygens (including phenoxy) is 2. The van der Waals surface area contributed by atoms with E-state index in [1.165, 1.54) is 33.4 Å². The lowest BCUT2D eigenvalue weighted by molar-refractivity contribution is 0.0692. The Morgan fingerprint density at radius 1 is 0.839 bits per heavy atom. The van der Waals surface area contributed by atoms with Crippen molar-refractivity contribution in [1.29, 1.82) is 0 Å². The zero-order chi connectivity index (χ0) is 21.8. The van der Waals surface area contributed by atoms with Crippen LogP contribution in [0.15, 0.2) is 72.8 Å². The number of hydrogen-bond acceptors (Lipinski definition) is 3. The van der Waals surface area contributed by atoms with Gasteiger partial charge in [0.1, 0.15) is 17.1 Å². The Bertz CT molecular complexity index is 1060. The summed E-state index contributed by atoms with van der Waals surface area (Å²) in [5.74, 6) is 1.76. The standard InChI is InChI=1S/C28H31NO2/c1-4-28(5-2,19-29)31-23-13-11-21(12-14-23)27-25-16-15-24(30-3)17-22(25)18-26(27)20-9-7-6-8-10-20/h6-17H,4-5,18-19,29H2,1-3H3. The minimum atomic E-state index is -0.299. The highest BCUT2D eigenvalue weighted by Crippen LogP contribution is 2.43.